The van der Waals surface area contributed by atoms with Crippen LogP contribution < -0.4 is 5.32 Å². The first-order valence-electron chi connectivity index (χ1n) is 9.23. The molecule has 2 N–H and O–H groups in total. The summed E-state index contributed by atoms with van der Waals surface area (Å²) in [5.74, 6) is -0.939. The third-order valence-corrected chi connectivity index (χ3v) is 5.74. The number of hydrogen-bond acceptors (Lipinski definition) is 4. The SMILES string of the molecule is Cc1cc(F)c(NC(=O)N2[C@H]3C[C@@H](C)CC2(C(=O)O)C3)cc1-c1ncccn1. The number of halogens is 1. The number of nitrogens with one attached hydrogen (secondary N) is 1. The van der Waals surface area contributed by atoms with Crippen LogP contribution >= 0.6 is 0 Å². The van der Waals surface area contributed by atoms with Crippen LogP contribution in [0.15, 0.2) is 30.6 Å². The number of carbonyl (C=O) groups is 2. The molecule has 2 bridgehead atoms. The van der Waals surface area contributed by atoms with Gasteiger partial charge in [0.25, 0.3) is 0 Å². The maximum atomic E-state index is 14.5. The number of anilines is 1. The summed E-state index contributed by atoms with van der Waals surface area (Å²) in [6.07, 6.45) is 4.78. The fourth-order valence-electron chi connectivity index (χ4n) is 4.57. The first kappa shape index (κ1) is 18.3. The van der Waals surface area contributed by atoms with E-state index in [0.29, 0.717) is 29.8 Å². The van der Waals surface area contributed by atoms with Gasteiger partial charge in [-0.3, -0.25) is 0 Å². The van der Waals surface area contributed by atoms with Crippen molar-refractivity contribution < 1.29 is 19.1 Å². The van der Waals surface area contributed by atoms with Crippen molar-refractivity contribution in [1.82, 2.24) is 14.9 Å². The monoisotopic (exact) mass is 384 g/mol. The maximum Gasteiger partial charge on any atom is 0.329 e. The average Bonchev–Trinajstić information content (AvgIpc) is 2.63. The van der Waals surface area contributed by atoms with Crippen molar-refractivity contribution in [1.29, 1.82) is 0 Å². The van der Waals surface area contributed by atoms with Crippen molar-refractivity contribution in [2.75, 3.05) is 5.32 Å². The molecule has 0 spiro atoms. The third-order valence-electron chi connectivity index (χ3n) is 5.74. The van der Waals surface area contributed by atoms with Gasteiger partial charge in [0.05, 0.1) is 5.69 Å². The Bertz CT molecular complexity index is 952. The van der Waals surface area contributed by atoms with Gasteiger partial charge in [-0.2, -0.15) is 0 Å². The van der Waals surface area contributed by atoms with E-state index in [9.17, 15) is 19.1 Å². The van der Waals surface area contributed by atoms with Crippen LogP contribution in [0.1, 0.15) is 31.7 Å². The van der Waals surface area contributed by atoms with E-state index in [1.54, 1.807) is 25.4 Å². The number of fused-ring (bicyclic) bond motifs is 2. The summed E-state index contributed by atoms with van der Waals surface area (Å²) < 4.78 is 14.5. The quantitative estimate of drug-likeness (QED) is 0.845. The Morgan fingerprint density at radius 1 is 1.29 bits per heavy atom. The molecule has 146 valence electrons. The second-order valence-corrected chi connectivity index (χ2v) is 7.76. The Hall–Kier alpha value is -3.03. The molecule has 1 aromatic carbocycles. The minimum Gasteiger partial charge on any atom is -0.479 e. The minimum absolute atomic E-state index is 0.0170. The molecule has 1 aromatic heterocycles. The van der Waals surface area contributed by atoms with E-state index >= 15 is 0 Å². The number of carboxylic acids is 1. The molecule has 7 nitrogen and oxygen atoms in total. The van der Waals surface area contributed by atoms with Gasteiger partial charge >= 0.3 is 12.0 Å². The fraction of sp³-hybridized carbons (Fsp3) is 0.400. The zero-order chi connectivity index (χ0) is 20.1. The van der Waals surface area contributed by atoms with Gasteiger partial charge in [-0.25, -0.2) is 23.9 Å². The molecule has 2 amide bonds. The first-order valence-corrected chi connectivity index (χ1v) is 9.23. The molecule has 28 heavy (non-hydrogen) atoms. The number of hydrogen-bond donors (Lipinski definition) is 2. The molecular formula is C20H21FN4O3. The lowest BCUT2D eigenvalue weighted by atomic mass is 9.64. The van der Waals surface area contributed by atoms with Crippen molar-refractivity contribution in [3.05, 3.63) is 42.0 Å². The molecular weight excluding hydrogens is 363 g/mol. The molecule has 1 unspecified atom stereocenters. The summed E-state index contributed by atoms with van der Waals surface area (Å²) in [6, 6.07) is 3.76. The van der Waals surface area contributed by atoms with E-state index in [4.69, 9.17) is 0 Å². The number of benzene rings is 1. The third kappa shape index (κ3) is 2.80. The van der Waals surface area contributed by atoms with E-state index in [0.717, 1.165) is 6.42 Å². The van der Waals surface area contributed by atoms with E-state index < -0.39 is 23.4 Å². The predicted molar refractivity (Wildman–Crippen MR) is 100 cm³/mol. The van der Waals surface area contributed by atoms with Crippen LogP contribution in [-0.4, -0.2) is 43.6 Å². The van der Waals surface area contributed by atoms with Gasteiger partial charge in [0, 0.05) is 30.4 Å². The highest BCUT2D eigenvalue weighted by atomic mass is 19.1. The summed E-state index contributed by atoms with van der Waals surface area (Å²) in [7, 11) is 0. The molecule has 2 aliphatic rings. The van der Waals surface area contributed by atoms with Gasteiger partial charge in [-0.1, -0.05) is 6.92 Å². The van der Waals surface area contributed by atoms with Gasteiger partial charge in [0.15, 0.2) is 5.82 Å². The number of piperidine rings is 1. The van der Waals surface area contributed by atoms with Crippen LogP contribution in [0.4, 0.5) is 14.9 Å². The van der Waals surface area contributed by atoms with Gasteiger partial charge in [0.2, 0.25) is 0 Å². The molecule has 4 rings (SSSR count). The van der Waals surface area contributed by atoms with Crippen LogP contribution in [0.25, 0.3) is 11.4 Å². The van der Waals surface area contributed by atoms with Crippen molar-refractivity contribution in [3.8, 4) is 11.4 Å². The van der Waals surface area contributed by atoms with Gasteiger partial charge in [0.1, 0.15) is 11.4 Å². The Labute approximate surface area is 161 Å². The van der Waals surface area contributed by atoms with Crippen molar-refractivity contribution >= 4 is 17.7 Å². The van der Waals surface area contributed by atoms with Crippen LogP contribution in [0.3, 0.4) is 0 Å². The molecule has 3 atom stereocenters. The lowest BCUT2D eigenvalue weighted by molar-refractivity contribution is -0.173. The molecule has 2 saturated heterocycles. The smallest absolute Gasteiger partial charge is 0.329 e. The Kier molecular flexibility index (Phi) is 4.28. The highest BCUT2D eigenvalue weighted by molar-refractivity contribution is 5.96. The average molecular weight is 384 g/mol. The van der Waals surface area contributed by atoms with Crippen LogP contribution in [0.5, 0.6) is 0 Å². The van der Waals surface area contributed by atoms with E-state index in [2.05, 4.69) is 15.3 Å². The number of carbonyl (C=O) groups excluding carboxylic acids is 1. The van der Waals surface area contributed by atoms with Gasteiger partial charge in [-0.05, 0) is 49.4 Å². The standard InChI is InChI=1S/C20H21FN4O3/c1-11-6-13-10-20(9-11,18(26)27)25(13)19(28)24-16-8-14(12(2)7-15(16)21)17-22-4-3-5-23-17/h3-5,7-8,11,13H,6,9-10H2,1-2H3,(H,24,28)(H,26,27)/t11-,13+,20?/m1/s1. The van der Waals surface area contributed by atoms with Crippen molar-refractivity contribution in [2.45, 2.75) is 44.7 Å². The zero-order valence-electron chi connectivity index (χ0n) is 15.6. The topological polar surface area (TPSA) is 95.4 Å². The van der Waals surface area contributed by atoms with Crippen molar-refractivity contribution in [3.63, 3.8) is 0 Å². The number of carboxylic acid groups (broad SMARTS) is 1. The molecule has 2 aromatic rings. The largest absolute Gasteiger partial charge is 0.479 e. The molecule has 0 saturated carbocycles. The predicted octanol–water partition coefficient (Wildman–Crippen LogP) is 3.45. The van der Waals surface area contributed by atoms with Gasteiger partial charge < -0.3 is 15.3 Å². The van der Waals surface area contributed by atoms with Crippen LogP contribution in [0, 0.1) is 18.7 Å². The van der Waals surface area contributed by atoms with E-state index in [1.165, 1.54) is 17.0 Å². The number of aromatic nitrogens is 2. The maximum absolute atomic E-state index is 14.5. The first-order chi connectivity index (χ1) is 13.3. The van der Waals surface area contributed by atoms with Crippen LogP contribution in [0.2, 0.25) is 0 Å². The molecule has 2 aliphatic heterocycles. The minimum atomic E-state index is -1.20. The van der Waals surface area contributed by atoms with Crippen molar-refractivity contribution in [2.24, 2.45) is 5.92 Å². The Morgan fingerprint density at radius 3 is 2.68 bits per heavy atom. The fourth-order valence-corrected chi connectivity index (χ4v) is 4.57. The highest BCUT2D eigenvalue weighted by Crippen LogP contribution is 2.50. The number of nitrogens with zero attached hydrogens (tertiary/aromatic N) is 3. The summed E-state index contributed by atoms with van der Waals surface area (Å²) in [5.41, 5.74) is 0.0246. The number of aliphatic carboxylic acids is 1. The number of aryl methyl sites for hydroxylation is 1. The van der Waals surface area contributed by atoms with Gasteiger partial charge in [-0.15, -0.1) is 0 Å². The Balaban J connectivity index is 1.63. The summed E-state index contributed by atoms with van der Waals surface area (Å²) in [5, 5.41) is 12.3. The number of rotatable bonds is 3. The number of amides is 2. The second-order valence-electron chi connectivity index (χ2n) is 7.76. The zero-order valence-corrected chi connectivity index (χ0v) is 15.6. The van der Waals surface area contributed by atoms with E-state index in [-0.39, 0.29) is 17.6 Å². The Morgan fingerprint density at radius 2 is 2.00 bits per heavy atom. The van der Waals surface area contributed by atoms with E-state index in [1.807, 2.05) is 6.92 Å². The molecule has 8 heteroatoms. The summed E-state index contributed by atoms with van der Waals surface area (Å²) >= 11 is 0. The highest BCUT2D eigenvalue weighted by Gasteiger charge is 2.63. The number of urea groups is 1. The lowest BCUT2D eigenvalue weighted by Gasteiger charge is -2.60. The molecule has 0 radical (unpaired) electrons. The molecule has 2 fully saturated rings. The second kappa shape index (κ2) is 6.54. The summed E-state index contributed by atoms with van der Waals surface area (Å²) in [4.78, 5) is 34.5. The summed E-state index contributed by atoms with van der Waals surface area (Å²) in [6.45, 7) is 3.73. The lowest BCUT2D eigenvalue weighted by Crippen LogP contribution is -2.75. The molecule has 3 heterocycles. The van der Waals surface area contributed by atoms with Crippen LogP contribution in [-0.2, 0) is 4.79 Å². The molecule has 0 aliphatic carbocycles. The normalized spacial score (nSPS) is 25.8.